The smallest absolute Gasteiger partial charge is 0.269 e. The van der Waals surface area contributed by atoms with E-state index in [-0.39, 0.29) is 5.69 Å². The van der Waals surface area contributed by atoms with Gasteiger partial charge in [0.1, 0.15) is 5.15 Å². The third-order valence-electron chi connectivity index (χ3n) is 2.41. The van der Waals surface area contributed by atoms with Gasteiger partial charge in [-0.15, -0.1) is 0 Å². The molecule has 2 aromatic rings. The fourth-order valence-corrected chi connectivity index (χ4v) is 1.95. The van der Waals surface area contributed by atoms with Crippen LogP contribution < -0.4 is 5.32 Å². The maximum atomic E-state index is 10.7. The molecular formula is C12H9BrClN3O2. The van der Waals surface area contributed by atoms with E-state index in [9.17, 15) is 10.1 Å². The minimum absolute atomic E-state index is 0.0784. The summed E-state index contributed by atoms with van der Waals surface area (Å²) < 4.78 is 0.693. The summed E-state index contributed by atoms with van der Waals surface area (Å²) in [7, 11) is 0. The van der Waals surface area contributed by atoms with Crippen molar-refractivity contribution in [3.63, 3.8) is 0 Å². The number of nitrogens with one attached hydrogen (secondary N) is 1. The third-order valence-corrected chi connectivity index (χ3v) is 3.55. The van der Waals surface area contributed by atoms with Crippen LogP contribution in [0.1, 0.15) is 5.56 Å². The second-order valence-electron chi connectivity index (χ2n) is 3.78. The minimum Gasteiger partial charge on any atom is -0.380 e. The molecule has 5 nitrogen and oxygen atoms in total. The maximum absolute atomic E-state index is 10.7. The van der Waals surface area contributed by atoms with Crippen molar-refractivity contribution in [2.45, 2.75) is 6.54 Å². The lowest BCUT2D eigenvalue weighted by molar-refractivity contribution is -0.384. The third kappa shape index (κ3) is 3.65. The maximum Gasteiger partial charge on any atom is 0.269 e. The molecule has 19 heavy (non-hydrogen) atoms. The van der Waals surface area contributed by atoms with Crippen molar-refractivity contribution in [1.82, 2.24) is 4.98 Å². The Hall–Kier alpha value is -1.66. The van der Waals surface area contributed by atoms with Crippen LogP contribution in [0.15, 0.2) is 41.0 Å². The number of nitro benzene ring substituents is 1. The molecule has 1 aromatic carbocycles. The van der Waals surface area contributed by atoms with Gasteiger partial charge in [-0.05, 0) is 27.6 Å². The molecule has 0 fully saturated rings. The van der Waals surface area contributed by atoms with Crippen LogP contribution in [-0.2, 0) is 6.54 Å². The number of benzene rings is 1. The van der Waals surface area contributed by atoms with Crippen molar-refractivity contribution in [3.8, 4) is 0 Å². The number of anilines is 1. The van der Waals surface area contributed by atoms with Gasteiger partial charge in [0.25, 0.3) is 5.69 Å². The zero-order valence-corrected chi connectivity index (χ0v) is 12.0. The van der Waals surface area contributed by atoms with Crippen LogP contribution in [0.2, 0.25) is 5.15 Å². The molecule has 0 aliphatic rings. The van der Waals surface area contributed by atoms with E-state index >= 15 is 0 Å². The van der Waals surface area contributed by atoms with Gasteiger partial charge in [0, 0.05) is 18.7 Å². The number of pyridine rings is 1. The largest absolute Gasteiger partial charge is 0.380 e. The Morgan fingerprint density at radius 1 is 1.42 bits per heavy atom. The van der Waals surface area contributed by atoms with E-state index in [1.54, 1.807) is 18.3 Å². The normalized spacial score (nSPS) is 10.2. The van der Waals surface area contributed by atoms with E-state index in [2.05, 4.69) is 26.2 Å². The number of nitro groups is 1. The zero-order valence-electron chi connectivity index (χ0n) is 9.64. The fourth-order valence-electron chi connectivity index (χ4n) is 1.50. The molecule has 98 valence electrons. The molecule has 0 unspecified atom stereocenters. The monoisotopic (exact) mass is 341 g/mol. The molecule has 0 radical (unpaired) electrons. The number of rotatable bonds is 4. The average molecular weight is 343 g/mol. The number of aromatic nitrogens is 1. The van der Waals surface area contributed by atoms with Gasteiger partial charge in [0.15, 0.2) is 0 Å². The molecule has 0 spiro atoms. The van der Waals surface area contributed by atoms with Gasteiger partial charge >= 0.3 is 0 Å². The van der Waals surface area contributed by atoms with E-state index in [1.165, 1.54) is 12.1 Å². The molecular weight excluding hydrogens is 334 g/mol. The summed E-state index contributed by atoms with van der Waals surface area (Å²) in [4.78, 5) is 14.2. The van der Waals surface area contributed by atoms with E-state index in [0.717, 1.165) is 11.3 Å². The van der Waals surface area contributed by atoms with Gasteiger partial charge in [-0.25, -0.2) is 4.98 Å². The van der Waals surface area contributed by atoms with Crippen LogP contribution in [0.4, 0.5) is 11.4 Å². The van der Waals surface area contributed by atoms with E-state index in [4.69, 9.17) is 11.6 Å². The van der Waals surface area contributed by atoms with Gasteiger partial charge in [0.2, 0.25) is 0 Å². The molecule has 1 heterocycles. The topological polar surface area (TPSA) is 68.1 Å². The van der Waals surface area contributed by atoms with Gasteiger partial charge in [-0.2, -0.15) is 0 Å². The number of non-ortho nitro benzene ring substituents is 1. The summed E-state index contributed by atoms with van der Waals surface area (Å²) >= 11 is 9.07. The molecule has 1 N–H and O–H groups in total. The molecule has 0 saturated heterocycles. The lowest BCUT2D eigenvalue weighted by Crippen LogP contribution is -2.00. The Morgan fingerprint density at radius 3 is 2.89 bits per heavy atom. The van der Waals surface area contributed by atoms with E-state index in [1.807, 2.05) is 6.07 Å². The first-order valence-electron chi connectivity index (χ1n) is 5.34. The summed E-state index contributed by atoms with van der Waals surface area (Å²) in [5.74, 6) is 0. The number of halogens is 2. The Bertz CT molecular complexity index is 622. The highest BCUT2D eigenvalue weighted by atomic mass is 79.9. The first-order chi connectivity index (χ1) is 9.06. The van der Waals surface area contributed by atoms with Crippen molar-refractivity contribution >= 4 is 38.9 Å². The quantitative estimate of drug-likeness (QED) is 0.518. The highest BCUT2D eigenvalue weighted by Crippen LogP contribution is 2.23. The highest BCUT2D eigenvalue weighted by Gasteiger charge is 2.06. The minimum atomic E-state index is -0.413. The van der Waals surface area contributed by atoms with Crippen LogP contribution in [-0.4, -0.2) is 9.91 Å². The van der Waals surface area contributed by atoms with E-state index in [0.29, 0.717) is 16.2 Å². The summed E-state index contributed by atoms with van der Waals surface area (Å²) in [5, 5.41) is 14.2. The van der Waals surface area contributed by atoms with Crippen LogP contribution >= 0.6 is 27.5 Å². The van der Waals surface area contributed by atoms with Crippen molar-refractivity contribution in [2.75, 3.05) is 5.32 Å². The standard InChI is InChI=1S/C12H9BrClN3O2/c13-11-5-9(7-16-12(11)14)15-6-8-2-1-3-10(4-8)17(18)19/h1-5,7,15H,6H2. The van der Waals surface area contributed by atoms with E-state index < -0.39 is 4.92 Å². The lowest BCUT2D eigenvalue weighted by Gasteiger charge is -2.07. The predicted molar refractivity (Wildman–Crippen MR) is 77.4 cm³/mol. The van der Waals surface area contributed by atoms with Crippen LogP contribution in [0.25, 0.3) is 0 Å². The second-order valence-corrected chi connectivity index (χ2v) is 4.99. The SMILES string of the molecule is O=[N+]([O-])c1cccc(CNc2cnc(Cl)c(Br)c2)c1. The van der Waals surface area contributed by atoms with Crippen molar-refractivity contribution in [1.29, 1.82) is 0 Å². The molecule has 1 aromatic heterocycles. The number of hydrogen-bond donors (Lipinski definition) is 1. The molecule has 7 heteroatoms. The van der Waals surface area contributed by atoms with Crippen LogP contribution in [0.5, 0.6) is 0 Å². The summed E-state index contributed by atoms with van der Waals surface area (Å²) in [6, 6.07) is 8.27. The number of hydrogen-bond acceptors (Lipinski definition) is 4. The molecule has 0 aliphatic heterocycles. The van der Waals surface area contributed by atoms with Crippen LogP contribution in [0, 0.1) is 10.1 Å². The zero-order chi connectivity index (χ0) is 13.8. The Labute approximate surface area is 122 Å². The molecule has 0 atom stereocenters. The number of nitrogens with zero attached hydrogens (tertiary/aromatic N) is 2. The first-order valence-corrected chi connectivity index (χ1v) is 6.51. The molecule has 0 amide bonds. The average Bonchev–Trinajstić information content (AvgIpc) is 2.40. The van der Waals surface area contributed by atoms with Gasteiger partial charge in [-0.3, -0.25) is 10.1 Å². The van der Waals surface area contributed by atoms with Gasteiger partial charge < -0.3 is 5.32 Å². The van der Waals surface area contributed by atoms with Crippen molar-refractivity contribution in [2.24, 2.45) is 0 Å². The summed E-state index contributed by atoms with van der Waals surface area (Å²) in [5.41, 5.74) is 1.68. The predicted octanol–water partition coefficient (Wildman–Crippen LogP) is 4.02. The van der Waals surface area contributed by atoms with Crippen molar-refractivity contribution < 1.29 is 4.92 Å². The first kappa shape index (κ1) is 13.8. The highest BCUT2D eigenvalue weighted by molar-refractivity contribution is 9.10. The van der Waals surface area contributed by atoms with Crippen LogP contribution in [0.3, 0.4) is 0 Å². The summed E-state index contributed by atoms with van der Waals surface area (Å²) in [6.07, 6.45) is 1.60. The second kappa shape index (κ2) is 5.99. The Morgan fingerprint density at radius 2 is 2.21 bits per heavy atom. The molecule has 0 bridgehead atoms. The fraction of sp³-hybridized carbons (Fsp3) is 0.0833. The van der Waals surface area contributed by atoms with Crippen molar-refractivity contribution in [3.05, 3.63) is 61.8 Å². The Kier molecular flexibility index (Phi) is 4.34. The molecule has 0 saturated carbocycles. The summed E-state index contributed by atoms with van der Waals surface area (Å²) in [6.45, 7) is 0.470. The van der Waals surface area contributed by atoms with Gasteiger partial charge in [-0.1, -0.05) is 23.7 Å². The Balaban J connectivity index is 2.07. The molecule has 2 rings (SSSR count). The lowest BCUT2D eigenvalue weighted by atomic mass is 10.2. The molecule has 0 aliphatic carbocycles. The van der Waals surface area contributed by atoms with Gasteiger partial charge in [0.05, 0.1) is 21.3 Å².